The molecular formula is C66H75Cl2N9O24. The van der Waals surface area contributed by atoms with Crippen LogP contribution in [0.4, 0.5) is 0 Å². The lowest BCUT2D eigenvalue weighted by atomic mass is 9.86. The predicted octanol–water partition coefficient (Wildman–Crippen LogP) is 0.106. The van der Waals surface area contributed by atoms with Crippen molar-refractivity contribution in [2.45, 2.75) is 156 Å². The van der Waals surface area contributed by atoms with Gasteiger partial charge in [0.2, 0.25) is 53.4 Å². The molecule has 18 atom stereocenters. The van der Waals surface area contributed by atoms with Crippen LogP contribution in [-0.4, -0.2) is 191 Å². The fraction of sp³-hybridized carbons (Fsp3) is 0.424. The highest BCUT2D eigenvalue weighted by Gasteiger charge is 2.51. The van der Waals surface area contributed by atoms with E-state index < -0.39 is 237 Å². The number of amides is 7. The normalized spacial score (nSPS) is 29.4. The lowest BCUT2D eigenvalue weighted by Crippen LogP contribution is -2.64. The lowest BCUT2D eigenvalue weighted by Gasteiger charge is -2.47. The molecule has 7 aliphatic heterocycles. The summed E-state index contributed by atoms with van der Waals surface area (Å²) in [6, 6.07) is -0.679. The number of phenolic OH excluding ortho intramolecular Hbond substituents is 3. The number of nitrogens with two attached hydrogens (primary N) is 2. The number of hydrogen-bond acceptors (Lipinski definition) is 25. The molecule has 21 N–H and O–H groups in total. The zero-order valence-corrected chi connectivity index (χ0v) is 55.8. The van der Waals surface area contributed by atoms with Gasteiger partial charge in [0.15, 0.2) is 29.9 Å². The Kier molecular flexibility index (Phi) is 22.2. The molecule has 0 aliphatic carbocycles. The second-order valence-electron chi connectivity index (χ2n) is 25.7. The minimum atomic E-state index is -2.35. The smallest absolute Gasteiger partial charge is 0.330 e. The number of aliphatic hydroxyl groups is 6. The third kappa shape index (κ3) is 15.8. The van der Waals surface area contributed by atoms with E-state index in [1.54, 1.807) is 0 Å². The Bertz CT molecular complexity index is 4070. The number of carboxylic acid groups (broad SMARTS) is 1. The number of aromatic hydroxyl groups is 3. The van der Waals surface area contributed by atoms with Gasteiger partial charge in [-0.05, 0) is 110 Å². The number of likely N-dealkylation sites (N-methyl/N-ethyl adjacent to an activating group) is 1. The van der Waals surface area contributed by atoms with Gasteiger partial charge in [-0.15, -0.1) is 0 Å². The summed E-state index contributed by atoms with van der Waals surface area (Å²) in [7, 11) is 1.47. The topological polar surface area (TPSA) is 530 Å². The summed E-state index contributed by atoms with van der Waals surface area (Å²) in [6.07, 6.45) is -18.6. The van der Waals surface area contributed by atoms with E-state index in [0.29, 0.717) is 0 Å². The van der Waals surface area contributed by atoms with Crippen molar-refractivity contribution in [1.82, 2.24) is 37.2 Å². The lowest BCUT2D eigenvalue weighted by molar-refractivity contribution is -0.333. The van der Waals surface area contributed by atoms with Gasteiger partial charge in [0.05, 0.1) is 41.3 Å². The fourth-order valence-corrected chi connectivity index (χ4v) is 12.9. The van der Waals surface area contributed by atoms with E-state index in [1.807, 2.05) is 13.8 Å². The number of halogens is 2. The van der Waals surface area contributed by atoms with Gasteiger partial charge in [-0.2, -0.15) is 0 Å². The molecule has 5 aromatic carbocycles. The summed E-state index contributed by atoms with van der Waals surface area (Å²) in [5, 5.41) is 131. The second kappa shape index (κ2) is 30.2. The van der Waals surface area contributed by atoms with Gasteiger partial charge in [-0.25, -0.2) is 4.79 Å². The SMILES string of the molecule is CN[C@H](CC(C)C)C(=O)N[C@H]1C(=O)N[C@@H](CC(N)=O)C(=O)N[C@H]2C(=O)N[C@H]3C(=O)N[C@H](C(=O)N[C@@H](C(=O)O)c4cc(O)cc(O)c4-c4cc3ccc4O)[C@H](O)c3ccc(c(Cl)c3)Oc3cc2cc(c3O[C@@H]2O[C@H](CO)[C@@H](O)[C@H](O)[C@H]2O[C@H]2C[C@](C)(N)[C@H](O)[C@H](C)O2)Oc2ccc(cc2Cl)[C@H]1O. The predicted molar refractivity (Wildman–Crippen MR) is 349 cm³/mol. The number of benzene rings is 5. The van der Waals surface area contributed by atoms with E-state index in [0.717, 1.165) is 66.7 Å². The van der Waals surface area contributed by atoms with E-state index >= 15 is 14.4 Å². The van der Waals surface area contributed by atoms with Crippen molar-refractivity contribution in [1.29, 1.82) is 0 Å². The average molecular weight is 1450 g/mol. The van der Waals surface area contributed by atoms with Crippen molar-refractivity contribution in [2.24, 2.45) is 17.4 Å². The molecule has 0 aromatic heterocycles. The second-order valence-corrected chi connectivity index (χ2v) is 26.5. The minimum Gasteiger partial charge on any atom is -0.508 e. The maximum Gasteiger partial charge on any atom is 0.330 e. The monoisotopic (exact) mass is 1450 g/mol. The van der Waals surface area contributed by atoms with Crippen molar-refractivity contribution in [3.8, 4) is 57.1 Å². The van der Waals surface area contributed by atoms with Gasteiger partial charge in [-0.1, -0.05) is 55.2 Å². The Morgan fingerprint density at radius 2 is 1.32 bits per heavy atom. The summed E-state index contributed by atoms with van der Waals surface area (Å²) in [6.45, 7) is 5.66. The van der Waals surface area contributed by atoms with Crippen LogP contribution in [-0.2, 0) is 52.6 Å². The molecule has 0 radical (unpaired) electrons. The summed E-state index contributed by atoms with van der Waals surface area (Å²) in [4.78, 5) is 117. The highest BCUT2D eigenvalue weighted by Crippen LogP contribution is 2.50. The Morgan fingerprint density at radius 3 is 1.90 bits per heavy atom. The average Bonchev–Trinajstić information content (AvgIpc) is 0.775. The largest absolute Gasteiger partial charge is 0.508 e. The molecule has 7 aliphatic rings. The number of aliphatic hydroxyl groups excluding tert-OH is 6. The molecule has 5 aromatic rings. The summed E-state index contributed by atoms with van der Waals surface area (Å²) in [5.74, 6) is -16.0. The van der Waals surface area contributed by atoms with Gasteiger partial charge >= 0.3 is 5.97 Å². The van der Waals surface area contributed by atoms with E-state index in [1.165, 1.54) is 33.0 Å². The molecule has 0 saturated carbocycles. The van der Waals surface area contributed by atoms with E-state index in [9.17, 15) is 75.0 Å². The number of carbonyl (C=O) groups is 8. The first-order chi connectivity index (χ1) is 47.7. The van der Waals surface area contributed by atoms with E-state index in [-0.39, 0.29) is 46.2 Å². The number of rotatable bonds is 13. The summed E-state index contributed by atoms with van der Waals surface area (Å²) >= 11 is 14.1. The summed E-state index contributed by atoms with van der Waals surface area (Å²) < 4.78 is 38.3. The number of fused-ring (bicyclic) bond motifs is 15. The Morgan fingerprint density at radius 1 is 0.713 bits per heavy atom. The van der Waals surface area contributed by atoms with Crippen LogP contribution in [0.5, 0.6) is 46.0 Å². The molecule has 101 heavy (non-hydrogen) atoms. The number of ether oxygens (including phenoxy) is 6. The summed E-state index contributed by atoms with van der Waals surface area (Å²) in [5.41, 5.74) is 8.00. The third-order valence-electron chi connectivity index (χ3n) is 17.8. The van der Waals surface area contributed by atoms with Crippen molar-refractivity contribution in [3.63, 3.8) is 0 Å². The molecule has 11 bridgehead atoms. The van der Waals surface area contributed by atoms with Crippen molar-refractivity contribution >= 4 is 70.5 Å². The number of nitrogens with one attached hydrogen (secondary N) is 7. The van der Waals surface area contributed by atoms with Crippen LogP contribution in [0.2, 0.25) is 10.0 Å². The molecule has 0 unspecified atom stereocenters. The quantitative estimate of drug-likeness (QED) is 0.0743. The molecule has 2 fully saturated rings. The first-order valence-electron chi connectivity index (χ1n) is 31.6. The van der Waals surface area contributed by atoms with Gasteiger partial charge in [0.1, 0.15) is 89.5 Å². The molecule has 0 spiro atoms. The van der Waals surface area contributed by atoms with Crippen LogP contribution in [0, 0.1) is 5.92 Å². The molecule has 7 amide bonds. The van der Waals surface area contributed by atoms with Crippen LogP contribution in [0.25, 0.3) is 11.1 Å². The minimum absolute atomic E-state index is 0.0975. The molecule has 542 valence electrons. The van der Waals surface area contributed by atoms with Gasteiger partial charge in [0, 0.05) is 34.7 Å². The number of hydrogen-bond donors (Lipinski definition) is 19. The molecule has 7 heterocycles. The molecule has 2 saturated heterocycles. The van der Waals surface area contributed by atoms with Crippen molar-refractivity contribution in [2.75, 3.05) is 13.7 Å². The fourth-order valence-electron chi connectivity index (χ4n) is 12.5. The van der Waals surface area contributed by atoms with Crippen molar-refractivity contribution in [3.05, 3.63) is 117 Å². The van der Waals surface area contributed by atoms with Gasteiger partial charge in [0.25, 0.3) is 0 Å². The first kappa shape index (κ1) is 74.5. The van der Waals surface area contributed by atoms with E-state index in [4.69, 9.17) is 63.1 Å². The molecular weight excluding hydrogens is 1370 g/mol. The van der Waals surface area contributed by atoms with Crippen LogP contribution in [0.1, 0.15) is 105 Å². The molecule has 12 rings (SSSR count). The number of aliphatic carboxylic acids is 1. The first-order valence-corrected chi connectivity index (χ1v) is 32.4. The van der Waals surface area contributed by atoms with E-state index in [2.05, 4.69) is 37.2 Å². The maximum atomic E-state index is 16.0. The van der Waals surface area contributed by atoms with Crippen LogP contribution in [0.3, 0.4) is 0 Å². The van der Waals surface area contributed by atoms with Gasteiger partial charge in [-0.3, -0.25) is 33.6 Å². The number of phenols is 3. The standard InChI is InChI=1S/C66H75Cl2N9O24/c1-23(2)12-34(71-5)58(88)76-49-51(83)26-7-10-38(32(67)14-26)97-40-16-28-17-41(55(40)101-65-56(54(86)53(85)42(22-78)99-65)100-44-21-66(4,70)57(87)24(3)96-44)98-39-11-8-27(15-33(39)68)52(84)50-63(93)75-48(64(94)95)31-18-29(79)19-37(81)45(31)30-13-25(6-9-36(30)80)46(60(90)77-50)74-61(91)47(28)73-59(89)35(20-43(69)82)72-62(49)92/h6-11,13-19,23-24,34-35,42,44,46-54,56-57,65,71,78-81,83-87H,12,20-22,70H2,1-5H3,(H2,69,82)(H,72,92)(H,73,89)(H,74,91)(H,75,93)(H,76,88)(H,77,90)(H,94,95)/t24-,34+,35-,42+,44-,46+,47+,48+,49+,50-,51+,52+,53+,54-,56+,57+,65-,66-/m0/s1. The number of carbonyl (C=O) groups excluding carboxylic acids is 7. The Balaban J connectivity index is 1.24. The molecule has 33 nitrogen and oxygen atoms in total. The van der Waals surface area contributed by atoms with Crippen LogP contribution in [0.15, 0.2) is 78.9 Å². The number of primary amides is 1. The Hall–Kier alpha value is -9.20. The zero-order chi connectivity index (χ0) is 73.5. The van der Waals surface area contributed by atoms with Crippen LogP contribution < -0.4 is 62.9 Å². The van der Waals surface area contributed by atoms with Gasteiger partial charge < -0.3 is 128 Å². The highest BCUT2D eigenvalue weighted by molar-refractivity contribution is 6.32. The maximum absolute atomic E-state index is 16.0. The Labute approximate surface area is 584 Å². The molecule has 35 heteroatoms. The van der Waals surface area contributed by atoms with Crippen molar-refractivity contribution < 1.29 is 118 Å². The van der Waals surface area contributed by atoms with Crippen LogP contribution >= 0.6 is 23.2 Å². The zero-order valence-electron chi connectivity index (χ0n) is 54.3. The number of carboxylic acids is 1. The highest BCUT2D eigenvalue weighted by atomic mass is 35.5. The third-order valence-corrected chi connectivity index (χ3v) is 18.4.